The summed E-state index contributed by atoms with van der Waals surface area (Å²) < 4.78 is 34.3. The fourth-order valence-electron chi connectivity index (χ4n) is 4.33. The summed E-state index contributed by atoms with van der Waals surface area (Å²) in [7, 11) is -2.62. The molecule has 41 heavy (non-hydrogen) atoms. The van der Waals surface area contributed by atoms with Crippen molar-refractivity contribution in [1.82, 2.24) is 10.2 Å². The average Bonchev–Trinajstić information content (AvgIpc) is 2.95. The van der Waals surface area contributed by atoms with Gasteiger partial charge in [0.2, 0.25) is 11.8 Å². The first-order chi connectivity index (χ1) is 19.5. The van der Waals surface area contributed by atoms with Gasteiger partial charge in [0.25, 0.3) is 10.0 Å². The number of amides is 2. The molecule has 10 heteroatoms. The molecule has 3 aromatic carbocycles. The van der Waals surface area contributed by atoms with Gasteiger partial charge in [-0.25, -0.2) is 8.42 Å². The summed E-state index contributed by atoms with van der Waals surface area (Å²) in [4.78, 5) is 29.0. The SMILES string of the molecule is CC[C@@H](C)NC(=O)[C@@H](CC)N(Cc1cccc(OC)c1)C(=O)CN(c1cccc(Cl)c1)S(=O)(=O)c1ccc(C)cc1. The normalized spacial score (nSPS) is 12.7. The molecule has 0 saturated heterocycles. The largest absolute Gasteiger partial charge is 0.497 e. The number of carbonyl (C=O) groups excluding carboxylic acids is 2. The van der Waals surface area contributed by atoms with E-state index in [1.165, 1.54) is 23.1 Å². The van der Waals surface area contributed by atoms with Crippen molar-refractivity contribution in [3.8, 4) is 5.75 Å². The van der Waals surface area contributed by atoms with Crippen molar-refractivity contribution in [2.24, 2.45) is 0 Å². The highest BCUT2D eigenvalue weighted by Crippen LogP contribution is 2.27. The van der Waals surface area contributed by atoms with Crippen LogP contribution in [0.1, 0.15) is 44.7 Å². The van der Waals surface area contributed by atoms with Gasteiger partial charge in [-0.3, -0.25) is 13.9 Å². The first kappa shape index (κ1) is 32.0. The van der Waals surface area contributed by atoms with E-state index in [1.807, 2.05) is 33.8 Å². The summed E-state index contributed by atoms with van der Waals surface area (Å²) >= 11 is 6.24. The maximum atomic E-state index is 14.1. The molecule has 0 unspecified atom stereocenters. The van der Waals surface area contributed by atoms with Gasteiger partial charge in [0.05, 0.1) is 17.7 Å². The highest BCUT2D eigenvalue weighted by atomic mass is 35.5. The summed E-state index contributed by atoms with van der Waals surface area (Å²) in [5.41, 5.74) is 1.88. The van der Waals surface area contributed by atoms with Gasteiger partial charge in [0, 0.05) is 17.6 Å². The van der Waals surface area contributed by atoms with E-state index in [2.05, 4.69) is 5.32 Å². The van der Waals surface area contributed by atoms with Gasteiger partial charge in [-0.05, 0) is 74.7 Å². The van der Waals surface area contributed by atoms with Crippen molar-refractivity contribution in [1.29, 1.82) is 0 Å². The Kier molecular flexibility index (Phi) is 11.2. The molecule has 8 nitrogen and oxygen atoms in total. The molecule has 2 amide bonds. The lowest BCUT2D eigenvalue weighted by Gasteiger charge is -2.33. The van der Waals surface area contributed by atoms with Gasteiger partial charge < -0.3 is 15.0 Å². The van der Waals surface area contributed by atoms with Crippen LogP contribution >= 0.6 is 11.6 Å². The first-order valence-electron chi connectivity index (χ1n) is 13.6. The van der Waals surface area contributed by atoms with E-state index in [4.69, 9.17) is 16.3 Å². The molecule has 0 heterocycles. The summed E-state index contributed by atoms with van der Waals surface area (Å²) in [6, 6.07) is 19.1. The highest BCUT2D eigenvalue weighted by molar-refractivity contribution is 7.92. The third kappa shape index (κ3) is 8.24. The minimum Gasteiger partial charge on any atom is -0.497 e. The van der Waals surface area contributed by atoms with Crippen LogP contribution < -0.4 is 14.4 Å². The number of anilines is 1. The summed E-state index contributed by atoms with van der Waals surface area (Å²) in [5.74, 6) is -0.224. The van der Waals surface area contributed by atoms with Crippen LogP contribution in [0.2, 0.25) is 5.02 Å². The van der Waals surface area contributed by atoms with E-state index in [-0.39, 0.29) is 29.1 Å². The second-order valence-corrected chi connectivity index (χ2v) is 12.2. The van der Waals surface area contributed by atoms with Crippen molar-refractivity contribution in [3.05, 3.63) is 88.9 Å². The first-order valence-corrected chi connectivity index (χ1v) is 15.4. The molecular formula is C31H38ClN3O5S. The maximum absolute atomic E-state index is 14.1. The minimum absolute atomic E-state index is 0.0387. The van der Waals surface area contributed by atoms with Gasteiger partial charge >= 0.3 is 0 Å². The third-order valence-electron chi connectivity index (χ3n) is 6.86. The smallest absolute Gasteiger partial charge is 0.264 e. The molecule has 1 N–H and O–H groups in total. The summed E-state index contributed by atoms with van der Waals surface area (Å²) in [5, 5.41) is 3.30. The number of nitrogens with zero attached hydrogens (tertiary/aromatic N) is 2. The van der Waals surface area contributed by atoms with Gasteiger partial charge in [-0.15, -0.1) is 0 Å². The molecule has 220 valence electrons. The van der Waals surface area contributed by atoms with E-state index in [0.717, 1.165) is 21.9 Å². The number of nitrogens with one attached hydrogen (secondary N) is 1. The van der Waals surface area contributed by atoms with Gasteiger partial charge in [-0.2, -0.15) is 0 Å². The zero-order chi connectivity index (χ0) is 30.2. The van der Waals surface area contributed by atoms with E-state index >= 15 is 0 Å². The van der Waals surface area contributed by atoms with Crippen molar-refractivity contribution in [2.75, 3.05) is 18.0 Å². The predicted octanol–water partition coefficient (Wildman–Crippen LogP) is 5.57. The van der Waals surface area contributed by atoms with Crippen LogP contribution in [0.3, 0.4) is 0 Å². The van der Waals surface area contributed by atoms with Crippen LogP contribution in [0, 0.1) is 6.92 Å². The standard InChI is InChI=1S/C31H38ClN3O5S/c1-6-23(4)33-31(37)29(7-2)34(20-24-10-8-13-27(18-24)40-5)30(36)21-35(26-12-9-11-25(32)19-26)41(38,39)28-16-14-22(3)15-17-28/h8-19,23,29H,6-7,20-21H2,1-5H3,(H,33,37)/t23-,29-/m1/s1. The second-order valence-electron chi connectivity index (χ2n) is 9.92. The molecule has 0 aromatic heterocycles. The number of sulfonamides is 1. The van der Waals surface area contributed by atoms with Crippen LogP contribution in [-0.4, -0.2) is 50.9 Å². The maximum Gasteiger partial charge on any atom is 0.264 e. The Balaban J connectivity index is 2.07. The van der Waals surface area contributed by atoms with Crippen LogP contribution in [-0.2, 0) is 26.2 Å². The number of carbonyl (C=O) groups is 2. The number of methoxy groups -OCH3 is 1. The monoisotopic (exact) mass is 599 g/mol. The Morgan fingerprint density at radius 3 is 2.27 bits per heavy atom. The minimum atomic E-state index is -4.17. The number of benzene rings is 3. The molecule has 0 spiro atoms. The second kappa shape index (κ2) is 14.4. The number of hydrogen-bond acceptors (Lipinski definition) is 5. The average molecular weight is 600 g/mol. The molecule has 3 aromatic rings. The van der Waals surface area contributed by atoms with E-state index in [9.17, 15) is 18.0 Å². The van der Waals surface area contributed by atoms with Gasteiger partial charge in [0.15, 0.2) is 0 Å². The fourth-order valence-corrected chi connectivity index (χ4v) is 5.92. The van der Waals surface area contributed by atoms with E-state index < -0.39 is 28.5 Å². The third-order valence-corrected chi connectivity index (χ3v) is 8.88. The molecular weight excluding hydrogens is 562 g/mol. The molecule has 0 radical (unpaired) electrons. The quantitative estimate of drug-likeness (QED) is 0.277. The lowest BCUT2D eigenvalue weighted by molar-refractivity contribution is -0.140. The van der Waals surface area contributed by atoms with Gasteiger partial charge in [0.1, 0.15) is 18.3 Å². The molecule has 0 bridgehead atoms. The topological polar surface area (TPSA) is 96.0 Å². The zero-order valence-electron chi connectivity index (χ0n) is 24.1. The number of rotatable bonds is 13. The van der Waals surface area contributed by atoms with Crippen molar-refractivity contribution >= 4 is 39.1 Å². The van der Waals surface area contributed by atoms with Crippen LogP contribution in [0.5, 0.6) is 5.75 Å². The molecule has 2 atom stereocenters. The van der Waals surface area contributed by atoms with Gasteiger partial charge in [-0.1, -0.05) is 61.3 Å². The highest BCUT2D eigenvalue weighted by Gasteiger charge is 2.34. The molecule has 0 saturated carbocycles. The predicted molar refractivity (Wildman–Crippen MR) is 163 cm³/mol. The van der Waals surface area contributed by atoms with E-state index in [0.29, 0.717) is 17.2 Å². The van der Waals surface area contributed by atoms with Crippen LogP contribution in [0.25, 0.3) is 0 Å². The number of aryl methyl sites for hydroxylation is 1. The molecule has 0 aliphatic rings. The Hall–Kier alpha value is -3.56. The molecule has 0 aliphatic heterocycles. The lowest BCUT2D eigenvalue weighted by atomic mass is 10.1. The number of ether oxygens (including phenoxy) is 1. The molecule has 0 fully saturated rings. The lowest BCUT2D eigenvalue weighted by Crippen LogP contribution is -2.53. The Labute approximate surface area is 248 Å². The number of halogens is 1. The Morgan fingerprint density at radius 1 is 0.976 bits per heavy atom. The fraction of sp³-hybridized carbons (Fsp3) is 0.355. The Morgan fingerprint density at radius 2 is 1.66 bits per heavy atom. The van der Waals surface area contributed by atoms with Crippen molar-refractivity contribution in [2.45, 2.75) is 64.1 Å². The van der Waals surface area contributed by atoms with E-state index in [1.54, 1.807) is 55.6 Å². The molecule has 0 aliphatic carbocycles. The van der Waals surface area contributed by atoms with Crippen LogP contribution in [0.15, 0.2) is 77.7 Å². The van der Waals surface area contributed by atoms with Crippen molar-refractivity contribution in [3.63, 3.8) is 0 Å². The summed E-state index contributed by atoms with van der Waals surface area (Å²) in [6.07, 6.45) is 1.06. The van der Waals surface area contributed by atoms with Crippen molar-refractivity contribution < 1.29 is 22.7 Å². The Bertz CT molecular complexity index is 1450. The summed E-state index contributed by atoms with van der Waals surface area (Å²) in [6.45, 7) is 7.09. The van der Waals surface area contributed by atoms with Crippen LogP contribution in [0.4, 0.5) is 5.69 Å². The number of hydrogen-bond donors (Lipinski definition) is 1. The zero-order valence-corrected chi connectivity index (χ0v) is 25.7. The molecule has 3 rings (SSSR count).